The summed E-state index contributed by atoms with van der Waals surface area (Å²) >= 11 is 0. The Morgan fingerprint density at radius 2 is 1.85 bits per heavy atom. The number of nitrogens with one attached hydrogen (secondary N) is 1. The van der Waals surface area contributed by atoms with Gasteiger partial charge >= 0.3 is 0 Å². The Morgan fingerprint density at radius 3 is 2.52 bits per heavy atom. The second-order valence-corrected chi connectivity index (χ2v) is 8.93. The van der Waals surface area contributed by atoms with Crippen molar-refractivity contribution >= 4 is 17.7 Å². The summed E-state index contributed by atoms with van der Waals surface area (Å²) in [6.45, 7) is 6.20. The number of rotatable bonds is 8. The van der Waals surface area contributed by atoms with Gasteiger partial charge in [0.1, 0.15) is 5.75 Å². The number of amides is 3. The van der Waals surface area contributed by atoms with Crippen molar-refractivity contribution in [3.05, 3.63) is 64.7 Å². The number of carbonyl (C=O) groups excluding carboxylic acids is 3. The molecule has 0 bridgehead atoms. The summed E-state index contributed by atoms with van der Waals surface area (Å²) in [6, 6.07) is 12.0. The quantitative estimate of drug-likeness (QED) is 0.494. The summed E-state index contributed by atoms with van der Waals surface area (Å²) in [5, 5.41) is 2.98. The van der Waals surface area contributed by atoms with Crippen LogP contribution in [0.5, 0.6) is 5.75 Å². The van der Waals surface area contributed by atoms with Crippen molar-refractivity contribution in [2.45, 2.75) is 32.7 Å². The number of methoxy groups -OCH3 is 1. The van der Waals surface area contributed by atoms with E-state index in [4.69, 9.17) is 4.74 Å². The number of hydrogen-bond acceptors (Lipinski definition) is 5. The minimum Gasteiger partial charge on any atom is -0.496 e. The molecule has 1 fully saturated rings. The predicted molar refractivity (Wildman–Crippen MR) is 125 cm³/mol. The molecule has 0 aromatic heterocycles. The smallest absolute Gasteiger partial charge is 0.261 e. The zero-order valence-electron chi connectivity index (χ0n) is 19.3. The van der Waals surface area contributed by atoms with Gasteiger partial charge in [0.2, 0.25) is 0 Å². The Labute approximate surface area is 194 Å². The molecule has 0 saturated carbocycles. The maximum atomic E-state index is 12.9. The fourth-order valence-electron chi connectivity index (χ4n) is 4.69. The fraction of sp³-hybridized carbons (Fsp3) is 0.423. The molecule has 1 unspecified atom stereocenters. The number of imide groups is 1. The topological polar surface area (TPSA) is 78.9 Å². The highest BCUT2D eigenvalue weighted by Crippen LogP contribution is 2.26. The van der Waals surface area contributed by atoms with Crippen molar-refractivity contribution in [3.8, 4) is 5.75 Å². The summed E-state index contributed by atoms with van der Waals surface area (Å²) in [5.41, 5.74) is 1.92. The molecule has 2 aromatic rings. The maximum Gasteiger partial charge on any atom is 0.261 e. The van der Waals surface area contributed by atoms with Crippen molar-refractivity contribution in [3.63, 3.8) is 0 Å². The van der Waals surface area contributed by atoms with Crippen LogP contribution in [0.3, 0.4) is 0 Å². The van der Waals surface area contributed by atoms with Gasteiger partial charge in [0.25, 0.3) is 17.7 Å². The normalized spacial score (nSPS) is 18.4. The van der Waals surface area contributed by atoms with Crippen molar-refractivity contribution in [2.75, 3.05) is 33.3 Å². The van der Waals surface area contributed by atoms with Gasteiger partial charge < -0.3 is 15.0 Å². The van der Waals surface area contributed by atoms with E-state index in [2.05, 4.69) is 17.1 Å². The number of nitrogens with zero attached hydrogens (tertiary/aromatic N) is 2. The minimum absolute atomic E-state index is 0.101. The number of ether oxygens (including phenoxy) is 1. The number of carbonyl (C=O) groups is 3. The first kappa shape index (κ1) is 23.0. The van der Waals surface area contributed by atoms with Gasteiger partial charge in [0.15, 0.2) is 0 Å². The fourth-order valence-corrected chi connectivity index (χ4v) is 4.69. The Balaban J connectivity index is 1.38. The second-order valence-electron chi connectivity index (χ2n) is 8.93. The molecule has 7 heteroatoms. The number of benzene rings is 2. The van der Waals surface area contributed by atoms with Crippen LogP contribution in [0.2, 0.25) is 0 Å². The third kappa shape index (κ3) is 5.09. The van der Waals surface area contributed by atoms with Crippen LogP contribution < -0.4 is 10.1 Å². The van der Waals surface area contributed by atoms with Crippen LogP contribution in [-0.2, 0) is 6.54 Å². The summed E-state index contributed by atoms with van der Waals surface area (Å²) in [4.78, 5) is 41.9. The molecule has 2 aliphatic rings. The van der Waals surface area contributed by atoms with E-state index in [-0.39, 0.29) is 24.3 Å². The largest absolute Gasteiger partial charge is 0.496 e. The minimum atomic E-state index is -0.315. The highest BCUT2D eigenvalue weighted by atomic mass is 16.5. The molecule has 0 aliphatic carbocycles. The lowest BCUT2D eigenvalue weighted by Gasteiger charge is -2.30. The van der Waals surface area contributed by atoms with Gasteiger partial charge in [-0.05, 0) is 68.1 Å². The van der Waals surface area contributed by atoms with Crippen molar-refractivity contribution in [2.24, 2.45) is 5.92 Å². The molecule has 7 nitrogen and oxygen atoms in total. The third-order valence-electron chi connectivity index (χ3n) is 6.41. The molecule has 4 rings (SSSR count). The maximum absolute atomic E-state index is 12.9. The SMILES string of the molecule is COc1ccc(CN2C(=O)c3ccccc3C2=O)cc1C(=O)NCCCN1CCCC(C)C1. The Hall–Kier alpha value is -3.19. The van der Waals surface area contributed by atoms with Crippen molar-refractivity contribution in [1.82, 2.24) is 15.1 Å². The van der Waals surface area contributed by atoms with Crippen LogP contribution in [0.4, 0.5) is 0 Å². The van der Waals surface area contributed by atoms with E-state index >= 15 is 0 Å². The number of fused-ring (bicyclic) bond motifs is 1. The van der Waals surface area contributed by atoms with Crippen LogP contribution in [0, 0.1) is 5.92 Å². The highest BCUT2D eigenvalue weighted by Gasteiger charge is 2.35. The second kappa shape index (κ2) is 10.2. The molecule has 0 spiro atoms. The van der Waals surface area contributed by atoms with Crippen LogP contribution in [0.1, 0.15) is 62.8 Å². The number of hydrogen-bond donors (Lipinski definition) is 1. The predicted octanol–water partition coefficient (Wildman–Crippen LogP) is 3.34. The first-order valence-corrected chi connectivity index (χ1v) is 11.6. The van der Waals surface area contributed by atoms with E-state index in [1.54, 1.807) is 42.5 Å². The van der Waals surface area contributed by atoms with E-state index in [0.29, 0.717) is 34.5 Å². The summed E-state index contributed by atoms with van der Waals surface area (Å²) in [7, 11) is 1.52. The Morgan fingerprint density at radius 1 is 1.12 bits per heavy atom. The van der Waals surface area contributed by atoms with Gasteiger partial charge in [-0.3, -0.25) is 19.3 Å². The molecule has 2 aliphatic heterocycles. The van der Waals surface area contributed by atoms with Gasteiger partial charge in [-0.2, -0.15) is 0 Å². The molecule has 1 saturated heterocycles. The molecule has 33 heavy (non-hydrogen) atoms. The monoisotopic (exact) mass is 449 g/mol. The van der Waals surface area contributed by atoms with Crippen LogP contribution in [-0.4, -0.2) is 60.8 Å². The van der Waals surface area contributed by atoms with E-state index in [9.17, 15) is 14.4 Å². The number of likely N-dealkylation sites (tertiary alicyclic amines) is 1. The lowest BCUT2D eigenvalue weighted by atomic mass is 10.0. The third-order valence-corrected chi connectivity index (χ3v) is 6.41. The summed E-state index contributed by atoms with van der Waals surface area (Å²) in [5.74, 6) is 0.350. The number of piperidine rings is 1. The zero-order valence-corrected chi connectivity index (χ0v) is 19.3. The Bertz CT molecular complexity index is 1020. The molecule has 0 radical (unpaired) electrons. The van der Waals surface area contributed by atoms with Gasteiger partial charge in [-0.25, -0.2) is 0 Å². The molecule has 3 amide bonds. The van der Waals surface area contributed by atoms with E-state index in [0.717, 1.165) is 32.0 Å². The molecular formula is C26H31N3O4. The van der Waals surface area contributed by atoms with Gasteiger partial charge in [-0.1, -0.05) is 25.1 Å². The lowest BCUT2D eigenvalue weighted by molar-refractivity contribution is 0.0642. The van der Waals surface area contributed by atoms with E-state index in [1.165, 1.54) is 24.9 Å². The molecule has 2 aromatic carbocycles. The van der Waals surface area contributed by atoms with E-state index in [1.807, 2.05) is 0 Å². The van der Waals surface area contributed by atoms with Gasteiger partial charge in [0, 0.05) is 13.1 Å². The Kier molecular flexibility index (Phi) is 7.08. The zero-order chi connectivity index (χ0) is 23.4. The van der Waals surface area contributed by atoms with Gasteiger partial charge in [-0.15, -0.1) is 0 Å². The first-order chi connectivity index (χ1) is 16.0. The average Bonchev–Trinajstić information content (AvgIpc) is 3.07. The standard InChI is InChI=1S/C26H31N3O4/c1-18-7-5-13-28(16-18)14-6-12-27-24(30)22-15-19(10-11-23(22)33-2)17-29-25(31)20-8-3-4-9-21(20)26(29)32/h3-4,8-11,15,18H,5-7,12-14,16-17H2,1-2H3,(H,27,30). The highest BCUT2D eigenvalue weighted by molar-refractivity contribution is 6.21. The summed E-state index contributed by atoms with van der Waals surface area (Å²) < 4.78 is 5.38. The van der Waals surface area contributed by atoms with Crippen molar-refractivity contribution in [1.29, 1.82) is 0 Å². The summed E-state index contributed by atoms with van der Waals surface area (Å²) in [6.07, 6.45) is 3.42. The van der Waals surface area contributed by atoms with Crippen LogP contribution in [0.25, 0.3) is 0 Å². The first-order valence-electron chi connectivity index (χ1n) is 11.6. The van der Waals surface area contributed by atoms with E-state index < -0.39 is 0 Å². The average molecular weight is 450 g/mol. The molecular weight excluding hydrogens is 418 g/mol. The van der Waals surface area contributed by atoms with Crippen LogP contribution in [0.15, 0.2) is 42.5 Å². The molecule has 2 heterocycles. The molecule has 1 atom stereocenters. The molecule has 174 valence electrons. The molecule has 1 N–H and O–H groups in total. The van der Waals surface area contributed by atoms with Crippen molar-refractivity contribution < 1.29 is 19.1 Å². The van der Waals surface area contributed by atoms with Crippen LogP contribution >= 0.6 is 0 Å². The lowest BCUT2D eigenvalue weighted by Crippen LogP contribution is -2.36. The van der Waals surface area contributed by atoms with Gasteiger partial charge in [0.05, 0.1) is 30.3 Å².